The molecule has 0 aliphatic rings. The van der Waals surface area contributed by atoms with Crippen molar-refractivity contribution in [3.05, 3.63) is 0 Å². The molecule has 92 valence electrons. The summed E-state index contributed by atoms with van der Waals surface area (Å²) in [5, 5.41) is 11.4. The molecule has 0 spiro atoms. The molecule has 0 fully saturated rings. The van der Waals surface area contributed by atoms with Crippen molar-refractivity contribution in [2.75, 3.05) is 20.1 Å². The zero-order valence-corrected chi connectivity index (χ0v) is 10.0. The van der Waals surface area contributed by atoms with E-state index in [0.29, 0.717) is 6.54 Å². The molecule has 0 bridgehead atoms. The van der Waals surface area contributed by atoms with Gasteiger partial charge in [0.1, 0.15) is 5.41 Å². The molecule has 0 aromatic heterocycles. The van der Waals surface area contributed by atoms with Gasteiger partial charge >= 0.3 is 5.97 Å². The summed E-state index contributed by atoms with van der Waals surface area (Å²) in [4.78, 5) is 34.9. The lowest BCUT2D eigenvalue weighted by molar-refractivity contribution is -0.158. The van der Waals surface area contributed by atoms with E-state index < -0.39 is 17.3 Å². The SMILES string of the molecule is CCNC(=O)CN(C)C(=O)C(C)(C)C(=O)O. The number of likely N-dealkylation sites (N-methyl/N-ethyl adjacent to an activating group) is 2. The minimum Gasteiger partial charge on any atom is -0.480 e. The van der Waals surface area contributed by atoms with Crippen LogP contribution in [-0.4, -0.2) is 47.9 Å². The Bertz CT molecular complexity index is 299. The van der Waals surface area contributed by atoms with Crippen LogP contribution in [0.3, 0.4) is 0 Å². The maximum atomic E-state index is 11.7. The lowest BCUT2D eigenvalue weighted by Crippen LogP contribution is -2.47. The van der Waals surface area contributed by atoms with Crippen molar-refractivity contribution < 1.29 is 19.5 Å². The standard InChI is InChI=1S/C10H18N2O4/c1-5-11-7(13)6-12(4)8(14)10(2,3)9(15)16/h5-6H2,1-4H3,(H,11,13)(H,15,16). The highest BCUT2D eigenvalue weighted by molar-refractivity contribution is 6.01. The summed E-state index contributed by atoms with van der Waals surface area (Å²) in [6.45, 7) is 4.73. The lowest BCUT2D eigenvalue weighted by Gasteiger charge is -2.25. The van der Waals surface area contributed by atoms with E-state index in [0.717, 1.165) is 4.90 Å². The molecule has 0 heterocycles. The second-order valence-corrected chi connectivity index (χ2v) is 4.04. The molecule has 0 unspecified atom stereocenters. The Balaban J connectivity index is 4.51. The van der Waals surface area contributed by atoms with E-state index in [4.69, 9.17) is 5.11 Å². The number of hydrogen-bond donors (Lipinski definition) is 2. The van der Waals surface area contributed by atoms with Gasteiger partial charge in [0.2, 0.25) is 11.8 Å². The van der Waals surface area contributed by atoms with Crippen molar-refractivity contribution in [1.82, 2.24) is 10.2 Å². The van der Waals surface area contributed by atoms with Gasteiger partial charge in [-0.25, -0.2) is 0 Å². The highest BCUT2D eigenvalue weighted by atomic mass is 16.4. The molecular weight excluding hydrogens is 212 g/mol. The minimum atomic E-state index is -1.51. The van der Waals surface area contributed by atoms with Crippen LogP contribution in [0.15, 0.2) is 0 Å². The summed E-state index contributed by atoms with van der Waals surface area (Å²) in [5.41, 5.74) is -1.51. The van der Waals surface area contributed by atoms with E-state index in [2.05, 4.69) is 5.32 Å². The number of carbonyl (C=O) groups is 3. The van der Waals surface area contributed by atoms with E-state index in [1.165, 1.54) is 20.9 Å². The predicted octanol–water partition coefficient (Wildman–Crippen LogP) is -0.308. The maximum absolute atomic E-state index is 11.7. The lowest BCUT2D eigenvalue weighted by atomic mass is 9.92. The van der Waals surface area contributed by atoms with Crippen LogP contribution in [0.25, 0.3) is 0 Å². The molecule has 0 saturated carbocycles. The second-order valence-electron chi connectivity index (χ2n) is 4.04. The predicted molar refractivity (Wildman–Crippen MR) is 57.7 cm³/mol. The van der Waals surface area contributed by atoms with Crippen molar-refractivity contribution >= 4 is 17.8 Å². The van der Waals surface area contributed by atoms with Gasteiger partial charge in [-0.05, 0) is 20.8 Å². The molecule has 0 atom stereocenters. The fourth-order valence-electron chi connectivity index (χ4n) is 1.11. The van der Waals surface area contributed by atoms with Crippen LogP contribution in [-0.2, 0) is 14.4 Å². The van der Waals surface area contributed by atoms with Crippen molar-refractivity contribution in [1.29, 1.82) is 0 Å². The summed E-state index contributed by atoms with van der Waals surface area (Å²) in [6.07, 6.45) is 0. The molecule has 2 N–H and O–H groups in total. The zero-order valence-electron chi connectivity index (χ0n) is 10.0. The maximum Gasteiger partial charge on any atom is 0.318 e. The Kier molecular flexibility index (Phi) is 4.94. The Morgan fingerprint density at radius 1 is 1.31 bits per heavy atom. The van der Waals surface area contributed by atoms with Crippen LogP contribution in [0.1, 0.15) is 20.8 Å². The van der Waals surface area contributed by atoms with E-state index in [1.807, 2.05) is 0 Å². The van der Waals surface area contributed by atoms with E-state index in [9.17, 15) is 14.4 Å². The average molecular weight is 230 g/mol. The van der Waals surface area contributed by atoms with Crippen LogP contribution in [0.5, 0.6) is 0 Å². The Morgan fingerprint density at radius 3 is 2.19 bits per heavy atom. The van der Waals surface area contributed by atoms with Crippen LogP contribution in [0.4, 0.5) is 0 Å². The smallest absolute Gasteiger partial charge is 0.318 e. The number of aliphatic carboxylic acids is 1. The number of nitrogens with zero attached hydrogens (tertiary/aromatic N) is 1. The third kappa shape index (κ3) is 3.52. The van der Waals surface area contributed by atoms with Gasteiger partial charge in [-0.1, -0.05) is 0 Å². The number of amides is 2. The molecule has 0 aliphatic heterocycles. The number of carboxylic acids is 1. The van der Waals surface area contributed by atoms with Gasteiger partial charge < -0.3 is 15.3 Å². The Morgan fingerprint density at radius 2 is 1.81 bits per heavy atom. The molecule has 0 rings (SSSR count). The molecule has 6 heteroatoms. The largest absolute Gasteiger partial charge is 0.480 e. The van der Waals surface area contributed by atoms with Crippen molar-refractivity contribution in [3.63, 3.8) is 0 Å². The quantitative estimate of drug-likeness (QED) is 0.634. The molecule has 16 heavy (non-hydrogen) atoms. The minimum absolute atomic E-state index is 0.136. The molecule has 2 amide bonds. The monoisotopic (exact) mass is 230 g/mol. The van der Waals surface area contributed by atoms with Gasteiger partial charge in [0.05, 0.1) is 6.54 Å². The number of carboxylic acid groups (broad SMARTS) is 1. The summed E-state index contributed by atoms with van der Waals surface area (Å²) in [7, 11) is 1.41. The number of nitrogens with one attached hydrogen (secondary N) is 1. The van der Waals surface area contributed by atoms with E-state index >= 15 is 0 Å². The Hall–Kier alpha value is -1.59. The highest BCUT2D eigenvalue weighted by Gasteiger charge is 2.38. The first kappa shape index (κ1) is 14.4. The molecule has 0 aromatic carbocycles. The summed E-state index contributed by atoms with van der Waals surface area (Å²) < 4.78 is 0. The molecular formula is C10H18N2O4. The van der Waals surface area contributed by atoms with Crippen molar-refractivity contribution in [3.8, 4) is 0 Å². The van der Waals surface area contributed by atoms with Gasteiger partial charge in [-0.3, -0.25) is 14.4 Å². The van der Waals surface area contributed by atoms with Crippen molar-refractivity contribution in [2.45, 2.75) is 20.8 Å². The zero-order chi connectivity index (χ0) is 12.9. The van der Waals surface area contributed by atoms with Crippen LogP contribution in [0.2, 0.25) is 0 Å². The number of carbonyl (C=O) groups excluding carboxylic acids is 2. The van der Waals surface area contributed by atoms with Gasteiger partial charge in [0, 0.05) is 13.6 Å². The molecule has 0 aromatic rings. The van der Waals surface area contributed by atoms with E-state index in [-0.39, 0.29) is 12.5 Å². The first-order valence-corrected chi connectivity index (χ1v) is 4.99. The third-order valence-corrected chi connectivity index (χ3v) is 2.17. The van der Waals surface area contributed by atoms with Crippen LogP contribution < -0.4 is 5.32 Å². The fraction of sp³-hybridized carbons (Fsp3) is 0.700. The summed E-state index contributed by atoms with van der Waals surface area (Å²) in [6, 6.07) is 0. The fourth-order valence-corrected chi connectivity index (χ4v) is 1.11. The van der Waals surface area contributed by atoms with Crippen LogP contribution in [0, 0.1) is 5.41 Å². The summed E-state index contributed by atoms with van der Waals surface area (Å²) in [5.74, 6) is -2.11. The van der Waals surface area contributed by atoms with Crippen LogP contribution >= 0.6 is 0 Å². The highest BCUT2D eigenvalue weighted by Crippen LogP contribution is 2.18. The molecule has 0 saturated heterocycles. The van der Waals surface area contributed by atoms with Gasteiger partial charge in [0.25, 0.3) is 0 Å². The molecule has 0 aliphatic carbocycles. The van der Waals surface area contributed by atoms with Gasteiger partial charge in [0.15, 0.2) is 0 Å². The topological polar surface area (TPSA) is 86.7 Å². The van der Waals surface area contributed by atoms with Crippen molar-refractivity contribution in [2.24, 2.45) is 5.41 Å². The first-order valence-electron chi connectivity index (χ1n) is 4.99. The van der Waals surface area contributed by atoms with E-state index in [1.54, 1.807) is 6.92 Å². The normalized spacial score (nSPS) is 10.8. The molecule has 6 nitrogen and oxygen atoms in total. The summed E-state index contributed by atoms with van der Waals surface area (Å²) >= 11 is 0. The third-order valence-electron chi connectivity index (χ3n) is 2.17. The molecule has 0 radical (unpaired) electrons. The van der Waals surface area contributed by atoms with Gasteiger partial charge in [-0.2, -0.15) is 0 Å². The average Bonchev–Trinajstić information content (AvgIpc) is 2.16. The number of rotatable bonds is 5. The Labute approximate surface area is 94.6 Å². The first-order chi connectivity index (χ1) is 7.23. The second kappa shape index (κ2) is 5.48. The number of hydrogen-bond acceptors (Lipinski definition) is 3. The van der Waals surface area contributed by atoms with Gasteiger partial charge in [-0.15, -0.1) is 0 Å².